The number of rotatable bonds is 5. The summed E-state index contributed by atoms with van der Waals surface area (Å²) in [6, 6.07) is 9.32. The maximum Gasteiger partial charge on any atom is 0.261 e. The van der Waals surface area contributed by atoms with Gasteiger partial charge < -0.3 is 4.90 Å². The van der Waals surface area contributed by atoms with Crippen molar-refractivity contribution in [3.05, 3.63) is 59.4 Å². The molecule has 140 valence electrons. The van der Waals surface area contributed by atoms with Crippen LogP contribution >= 0.6 is 0 Å². The van der Waals surface area contributed by atoms with Gasteiger partial charge in [-0.2, -0.15) is 5.10 Å². The molecule has 7 heteroatoms. The van der Waals surface area contributed by atoms with Gasteiger partial charge in [0.2, 0.25) is 5.91 Å². The van der Waals surface area contributed by atoms with Crippen LogP contribution in [-0.2, 0) is 17.9 Å². The lowest BCUT2D eigenvalue weighted by molar-refractivity contribution is -0.135. The molecule has 0 bridgehead atoms. The largest absolute Gasteiger partial charge is 0.338 e. The molecular weight excluding hydrogens is 342 g/mol. The molecule has 2 aromatic heterocycles. The molecule has 1 aliphatic rings. The van der Waals surface area contributed by atoms with Crippen molar-refractivity contribution >= 4 is 16.8 Å². The van der Waals surface area contributed by atoms with Gasteiger partial charge >= 0.3 is 0 Å². The van der Waals surface area contributed by atoms with E-state index >= 15 is 0 Å². The van der Waals surface area contributed by atoms with Gasteiger partial charge in [-0.05, 0) is 43.9 Å². The van der Waals surface area contributed by atoms with Crippen LogP contribution in [0.3, 0.4) is 0 Å². The molecular formula is C20H23N5O2. The third-order valence-corrected chi connectivity index (χ3v) is 5.24. The number of nitrogens with zero attached hydrogens (tertiary/aromatic N) is 5. The molecule has 0 aliphatic carbocycles. The average molecular weight is 365 g/mol. The van der Waals surface area contributed by atoms with Crippen molar-refractivity contribution in [3.63, 3.8) is 0 Å². The monoisotopic (exact) mass is 365 g/mol. The van der Waals surface area contributed by atoms with Crippen molar-refractivity contribution in [1.29, 1.82) is 0 Å². The molecule has 1 saturated heterocycles. The van der Waals surface area contributed by atoms with Gasteiger partial charge in [-0.25, -0.2) is 4.98 Å². The first-order valence-corrected chi connectivity index (χ1v) is 9.43. The molecule has 1 unspecified atom stereocenters. The molecule has 4 rings (SSSR count). The highest BCUT2D eigenvalue weighted by molar-refractivity contribution is 5.79. The van der Waals surface area contributed by atoms with E-state index in [1.54, 1.807) is 18.3 Å². The first-order valence-electron chi connectivity index (χ1n) is 9.43. The van der Waals surface area contributed by atoms with Crippen molar-refractivity contribution < 1.29 is 4.79 Å². The lowest BCUT2D eigenvalue weighted by Gasteiger charge is -2.36. The number of amides is 1. The number of carbonyl (C=O) groups excluding carboxylic acids is 1. The van der Waals surface area contributed by atoms with E-state index in [1.165, 1.54) is 10.9 Å². The van der Waals surface area contributed by atoms with Crippen LogP contribution in [0.25, 0.3) is 10.9 Å². The number of aromatic nitrogens is 4. The number of piperidine rings is 1. The fourth-order valence-electron chi connectivity index (χ4n) is 3.80. The zero-order valence-corrected chi connectivity index (χ0v) is 15.2. The molecule has 1 amide bonds. The zero-order chi connectivity index (χ0) is 18.6. The van der Waals surface area contributed by atoms with E-state index in [0.29, 0.717) is 10.9 Å². The number of carbonyl (C=O) groups is 1. The summed E-state index contributed by atoms with van der Waals surface area (Å²) >= 11 is 0. The Bertz CT molecular complexity index is 979. The molecule has 1 fully saturated rings. The van der Waals surface area contributed by atoms with E-state index in [0.717, 1.165) is 38.8 Å². The van der Waals surface area contributed by atoms with E-state index in [-0.39, 0.29) is 24.1 Å². The minimum atomic E-state index is -0.168. The SMILES string of the molecule is O=C(Cn1cnc2ccccc2c1=O)N1CCCCC1CCn1cccn1. The maximum atomic E-state index is 12.9. The Morgan fingerprint density at radius 3 is 2.93 bits per heavy atom. The van der Waals surface area contributed by atoms with Crippen LogP contribution in [0.5, 0.6) is 0 Å². The quantitative estimate of drug-likeness (QED) is 0.694. The van der Waals surface area contributed by atoms with Gasteiger partial charge in [0, 0.05) is 31.5 Å². The fraction of sp³-hybridized carbons (Fsp3) is 0.400. The Morgan fingerprint density at radius 1 is 1.19 bits per heavy atom. The van der Waals surface area contributed by atoms with Crippen molar-refractivity contribution in [2.75, 3.05) is 6.54 Å². The van der Waals surface area contributed by atoms with Gasteiger partial charge in [-0.1, -0.05) is 12.1 Å². The summed E-state index contributed by atoms with van der Waals surface area (Å²) < 4.78 is 3.32. The summed E-state index contributed by atoms with van der Waals surface area (Å²) in [4.78, 5) is 31.8. The third-order valence-electron chi connectivity index (χ3n) is 5.24. The van der Waals surface area contributed by atoms with Crippen molar-refractivity contribution in [2.45, 2.75) is 44.8 Å². The molecule has 0 N–H and O–H groups in total. The summed E-state index contributed by atoms with van der Waals surface area (Å²) in [5.74, 6) is -0.0145. The van der Waals surface area contributed by atoms with E-state index in [9.17, 15) is 9.59 Å². The molecule has 0 spiro atoms. The van der Waals surface area contributed by atoms with Crippen LogP contribution in [0, 0.1) is 0 Å². The average Bonchev–Trinajstić information content (AvgIpc) is 3.22. The summed E-state index contributed by atoms with van der Waals surface area (Å²) in [7, 11) is 0. The smallest absolute Gasteiger partial charge is 0.261 e. The molecule has 27 heavy (non-hydrogen) atoms. The third kappa shape index (κ3) is 3.77. The zero-order valence-electron chi connectivity index (χ0n) is 15.2. The molecule has 0 radical (unpaired) electrons. The fourth-order valence-corrected chi connectivity index (χ4v) is 3.80. The second-order valence-electron chi connectivity index (χ2n) is 6.99. The lowest BCUT2D eigenvalue weighted by atomic mass is 9.99. The molecule has 7 nitrogen and oxygen atoms in total. The summed E-state index contributed by atoms with van der Waals surface area (Å²) in [6.07, 6.45) is 9.19. The van der Waals surface area contributed by atoms with Gasteiger partial charge in [0.05, 0.1) is 17.2 Å². The van der Waals surface area contributed by atoms with Crippen molar-refractivity contribution in [1.82, 2.24) is 24.2 Å². The Morgan fingerprint density at radius 2 is 2.07 bits per heavy atom. The number of benzene rings is 1. The normalized spacial score (nSPS) is 17.3. The number of aryl methyl sites for hydroxylation is 1. The second kappa shape index (κ2) is 7.73. The first kappa shape index (κ1) is 17.5. The first-order chi connectivity index (χ1) is 13.2. The minimum Gasteiger partial charge on any atom is -0.338 e. The molecule has 1 aliphatic heterocycles. The summed E-state index contributed by atoms with van der Waals surface area (Å²) in [6.45, 7) is 1.58. The van der Waals surface area contributed by atoms with E-state index in [4.69, 9.17) is 0 Å². The summed E-state index contributed by atoms with van der Waals surface area (Å²) in [5, 5.41) is 4.78. The summed E-state index contributed by atoms with van der Waals surface area (Å²) in [5.41, 5.74) is 0.486. The van der Waals surface area contributed by atoms with Gasteiger partial charge in [-0.15, -0.1) is 0 Å². The predicted molar refractivity (Wildman–Crippen MR) is 102 cm³/mol. The Labute approximate surface area is 157 Å². The predicted octanol–water partition coefficient (Wildman–Crippen LogP) is 2.06. The number of para-hydroxylation sites is 1. The maximum absolute atomic E-state index is 12.9. The number of fused-ring (bicyclic) bond motifs is 1. The Hall–Kier alpha value is -2.96. The topological polar surface area (TPSA) is 73.0 Å². The molecule has 1 aromatic carbocycles. The molecule has 3 heterocycles. The van der Waals surface area contributed by atoms with Crippen molar-refractivity contribution in [3.8, 4) is 0 Å². The van der Waals surface area contributed by atoms with Crippen LogP contribution in [0.15, 0.2) is 53.8 Å². The van der Waals surface area contributed by atoms with Crippen LogP contribution in [0.2, 0.25) is 0 Å². The van der Waals surface area contributed by atoms with Gasteiger partial charge in [-0.3, -0.25) is 18.8 Å². The minimum absolute atomic E-state index is 0.0145. The number of likely N-dealkylation sites (tertiary alicyclic amines) is 1. The Kier molecular flexibility index (Phi) is 5.00. The number of hydrogen-bond acceptors (Lipinski definition) is 4. The number of hydrogen-bond donors (Lipinski definition) is 0. The second-order valence-corrected chi connectivity index (χ2v) is 6.99. The standard InChI is InChI=1S/C20H23N5O2/c26-19(14-23-15-21-18-8-2-1-7-17(18)20(23)27)25-12-4-3-6-16(25)9-13-24-11-5-10-22-24/h1-2,5,7-8,10-11,15-16H,3-4,6,9,12-14H2. The van der Waals surface area contributed by atoms with E-state index < -0.39 is 0 Å². The molecule has 3 aromatic rings. The van der Waals surface area contributed by atoms with Crippen LogP contribution in [0.1, 0.15) is 25.7 Å². The van der Waals surface area contributed by atoms with Crippen molar-refractivity contribution in [2.24, 2.45) is 0 Å². The highest BCUT2D eigenvalue weighted by Gasteiger charge is 2.26. The van der Waals surface area contributed by atoms with E-state index in [1.807, 2.05) is 34.0 Å². The van der Waals surface area contributed by atoms with Gasteiger partial charge in [0.15, 0.2) is 0 Å². The van der Waals surface area contributed by atoms with Gasteiger partial charge in [0.25, 0.3) is 5.56 Å². The molecule has 1 atom stereocenters. The van der Waals surface area contributed by atoms with Crippen LogP contribution < -0.4 is 5.56 Å². The highest BCUT2D eigenvalue weighted by Crippen LogP contribution is 2.20. The Balaban J connectivity index is 1.48. The van der Waals surface area contributed by atoms with Crippen LogP contribution in [0.4, 0.5) is 0 Å². The van der Waals surface area contributed by atoms with Gasteiger partial charge in [0.1, 0.15) is 6.54 Å². The van der Waals surface area contributed by atoms with Crippen LogP contribution in [-0.4, -0.2) is 42.7 Å². The van der Waals surface area contributed by atoms with E-state index in [2.05, 4.69) is 10.1 Å². The highest BCUT2D eigenvalue weighted by atomic mass is 16.2. The molecule has 0 saturated carbocycles. The lowest BCUT2D eigenvalue weighted by Crippen LogP contribution is -2.46.